The van der Waals surface area contributed by atoms with Gasteiger partial charge in [0.2, 0.25) is 0 Å². The lowest BCUT2D eigenvalue weighted by atomic mass is 10.3. The normalized spacial score (nSPS) is 11.9. The Morgan fingerprint density at radius 2 is 2.31 bits per heavy atom. The maximum Gasteiger partial charge on any atom is 0.412 e. The Morgan fingerprint density at radius 3 is 2.88 bits per heavy atom. The third-order valence-corrected chi connectivity index (χ3v) is 2.27. The monoisotopic (exact) mass is 265 g/mol. The van der Waals surface area contributed by atoms with E-state index in [2.05, 4.69) is 5.32 Å². The van der Waals surface area contributed by atoms with E-state index >= 15 is 0 Å². The fourth-order valence-corrected chi connectivity index (χ4v) is 1.30. The molecular formula is C10H10Cl2FNO2. The zero-order valence-electron chi connectivity index (χ0n) is 8.25. The summed E-state index contributed by atoms with van der Waals surface area (Å²) < 4.78 is 16.9. The Labute approximate surface area is 102 Å². The molecule has 0 fully saturated rings. The molecule has 16 heavy (non-hydrogen) atoms. The summed E-state index contributed by atoms with van der Waals surface area (Å²) in [5.41, 5.74) is 0.477. The average Bonchev–Trinajstić information content (AvgIpc) is 2.26. The smallest absolute Gasteiger partial charge is 0.412 e. The van der Waals surface area contributed by atoms with Gasteiger partial charge in [-0.3, -0.25) is 5.32 Å². The van der Waals surface area contributed by atoms with E-state index in [1.165, 1.54) is 0 Å². The molecule has 1 unspecified atom stereocenters. The molecule has 0 aliphatic heterocycles. The van der Waals surface area contributed by atoms with E-state index in [0.29, 0.717) is 10.7 Å². The number of rotatable bonds is 4. The zero-order chi connectivity index (χ0) is 12.0. The van der Waals surface area contributed by atoms with Crippen molar-refractivity contribution in [2.75, 3.05) is 17.9 Å². The van der Waals surface area contributed by atoms with Crippen LogP contribution >= 0.6 is 23.2 Å². The van der Waals surface area contributed by atoms with Gasteiger partial charge in [0.1, 0.15) is 12.8 Å². The molecule has 0 aliphatic carbocycles. The largest absolute Gasteiger partial charge is 0.442 e. The Hall–Kier alpha value is -1.00. The lowest BCUT2D eigenvalue weighted by Crippen LogP contribution is -2.25. The van der Waals surface area contributed by atoms with Crippen molar-refractivity contribution in [2.45, 2.75) is 6.10 Å². The van der Waals surface area contributed by atoms with Crippen LogP contribution in [0.25, 0.3) is 0 Å². The highest BCUT2D eigenvalue weighted by Gasteiger charge is 2.12. The number of nitrogens with one attached hydrogen (secondary N) is 1. The first-order valence-electron chi connectivity index (χ1n) is 4.51. The molecule has 0 radical (unpaired) electrons. The van der Waals surface area contributed by atoms with Gasteiger partial charge in [0.05, 0.1) is 5.88 Å². The summed E-state index contributed by atoms with van der Waals surface area (Å²) in [6.07, 6.45) is -1.69. The van der Waals surface area contributed by atoms with Crippen molar-refractivity contribution >= 4 is 35.0 Å². The number of carbonyl (C=O) groups is 1. The van der Waals surface area contributed by atoms with Crippen LogP contribution in [0, 0.1) is 0 Å². The number of hydrogen-bond acceptors (Lipinski definition) is 2. The van der Waals surface area contributed by atoms with Crippen LogP contribution in [-0.2, 0) is 4.74 Å². The van der Waals surface area contributed by atoms with Gasteiger partial charge in [-0.25, -0.2) is 9.18 Å². The van der Waals surface area contributed by atoms with Crippen LogP contribution in [-0.4, -0.2) is 24.8 Å². The lowest BCUT2D eigenvalue weighted by Gasteiger charge is -2.12. The van der Waals surface area contributed by atoms with Crippen molar-refractivity contribution in [3.05, 3.63) is 29.3 Å². The number of halogens is 3. The van der Waals surface area contributed by atoms with Gasteiger partial charge in [0.25, 0.3) is 0 Å². The highest BCUT2D eigenvalue weighted by molar-refractivity contribution is 6.30. The molecule has 0 saturated carbocycles. The molecular weight excluding hydrogens is 256 g/mol. The Bertz CT molecular complexity index is 358. The van der Waals surface area contributed by atoms with Gasteiger partial charge in [-0.05, 0) is 18.2 Å². The molecule has 0 bridgehead atoms. The third kappa shape index (κ3) is 4.24. The molecule has 1 atom stereocenters. The summed E-state index contributed by atoms with van der Waals surface area (Å²) in [5.74, 6) is -0.0839. The van der Waals surface area contributed by atoms with Crippen LogP contribution in [0.3, 0.4) is 0 Å². The van der Waals surface area contributed by atoms with Crippen LogP contribution in [0.1, 0.15) is 0 Å². The minimum absolute atomic E-state index is 0.0839. The van der Waals surface area contributed by atoms with Crippen LogP contribution in [0.15, 0.2) is 24.3 Å². The second-order valence-corrected chi connectivity index (χ2v) is 3.72. The summed E-state index contributed by atoms with van der Waals surface area (Å²) in [5, 5.41) is 2.89. The fourth-order valence-electron chi connectivity index (χ4n) is 0.969. The van der Waals surface area contributed by atoms with Crippen molar-refractivity contribution in [2.24, 2.45) is 0 Å². The number of alkyl halides is 2. The number of amides is 1. The molecule has 0 aliphatic rings. The summed E-state index contributed by atoms with van der Waals surface area (Å²) in [6.45, 7) is -0.813. The maximum absolute atomic E-state index is 12.2. The number of hydrogen-bond donors (Lipinski definition) is 1. The predicted octanol–water partition coefficient (Wildman–Crippen LogP) is 3.47. The second-order valence-electron chi connectivity index (χ2n) is 2.97. The van der Waals surface area contributed by atoms with E-state index < -0.39 is 18.9 Å². The Morgan fingerprint density at radius 1 is 1.56 bits per heavy atom. The summed E-state index contributed by atoms with van der Waals surface area (Å²) >= 11 is 11.1. The molecule has 0 aromatic heterocycles. The first-order valence-corrected chi connectivity index (χ1v) is 5.42. The van der Waals surface area contributed by atoms with Crippen LogP contribution in [0.5, 0.6) is 0 Å². The van der Waals surface area contributed by atoms with Gasteiger partial charge < -0.3 is 4.74 Å². The van der Waals surface area contributed by atoms with E-state index in [1.807, 2.05) is 0 Å². The maximum atomic E-state index is 12.2. The number of benzene rings is 1. The van der Waals surface area contributed by atoms with E-state index in [1.54, 1.807) is 24.3 Å². The molecule has 0 spiro atoms. The van der Waals surface area contributed by atoms with E-state index in [0.717, 1.165) is 0 Å². The van der Waals surface area contributed by atoms with Crippen molar-refractivity contribution < 1.29 is 13.9 Å². The van der Waals surface area contributed by atoms with Crippen molar-refractivity contribution in [3.8, 4) is 0 Å². The summed E-state index contributed by atoms with van der Waals surface area (Å²) in [6, 6.07) is 6.53. The molecule has 0 heterocycles. The molecule has 1 aromatic carbocycles. The average molecular weight is 266 g/mol. The highest BCUT2D eigenvalue weighted by atomic mass is 35.5. The first-order chi connectivity index (χ1) is 7.65. The summed E-state index contributed by atoms with van der Waals surface area (Å²) in [4.78, 5) is 11.3. The van der Waals surface area contributed by atoms with Gasteiger partial charge >= 0.3 is 6.09 Å². The molecule has 1 N–H and O–H groups in total. The fraction of sp³-hybridized carbons (Fsp3) is 0.300. The van der Waals surface area contributed by atoms with Crippen LogP contribution < -0.4 is 5.32 Å². The Balaban J connectivity index is 2.51. The van der Waals surface area contributed by atoms with Crippen LogP contribution in [0.4, 0.5) is 14.9 Å². The van der Waals surface area contributed by atoms with Gasteiger partial charge in [-0.1, -0.05) is 17.7 Å². The standard InChI is InChI=1S/C10H10Cl2FNO2/c11-5-9(6-13)16-10(15)14-8-3-1-2-7(12)4-8/h1-4,9H,5-6H2,(H,14,15). The zero-order valence-corrected chi connectivity index (χ0v) is 9.76. The van der Waals surface area contributed by atoms with Gasteiger partial charge in [-0.2, -0.15) is 0 Å². The summed E-state index contributed by atoms with van der Waals surface area (Å²) in [7, 11) is 0. The molecule has 6 heteroatoms. The van der Waals surface area contributed by atoms with Crippen molar-refractivity contribution in [3.63, 3.8) is 0 Å². The molecule has 1 amide bonds. The molecule has 1 rings (SSSR count). The van der Waals surface area contributed by atoms with Crippen molar-refractivity contribution in [1.82, 2.24) is 0 Å². The SMILES string of the molecule is O=C(Nc1cccc(Cl)c1)OC(CF)CCl. The second kappa shape index (κ2) is 6.55. The predicted molar refractivity (Wildman–Crippen MR) is 62.0 cm³/mol. The van der Waals surface area contributed by atoms with Crippen molar-refractivity contribution in [1.29, 1.82) is 0 Å². The Kier molecular flexibility index (Phi) is 5.35. The number of carbonyl (C=O) groups excluding carboxylic acids is 1. The van der Waals surface area contributed by atoms with Crippen LogP contribution in [0.2, 0.25) is 5.02 Å². The third-order valence-electron chi connectivity index (χ3n) is 1.69. The molecule has 3 nitrogen and oxygen atoms in total. The molecule has 1 aromatic rings. The van der Waals surface area contributed by atoms with E-state index in [-0.39, 0.29) is 5.88 Å². The molecule has 0 saturated heterocycles. The number of anilines is 1. The highest BCUT2D eigenvalue weighted by Crippen LogP contribution is 2.15. The lowest BCUT2D eigenvalue weighted by molar-refractivity contribution is 0.106. The topological polar surface area (TPSA) is 38.3 Å². The van der Waals surface area contributed by atoms with E-state index in [4.69, 9.17) is 27.9 Å². The van der Waals surface area contributed by atoms with Gasteiger partial charge in [-0.15, -0.1) is 11.6 Å². The minimum atomic E-state index is -0.930. The first kappa shape index (κ1) is 13.1. The van der Waals surface area contributed by atoms with Gasteiger partial charge in [0, 0.05) is 10.7 Å². The quantitative estimate of drug-likeness (QED) is 0.847. The van der Waals surface area contributed by atoms with Gasteiger partial charge in [0.15, 0.2) is 0 Å². The number of ether oxygens (including phenoxy) is 1. The minimum Gasteiger partial charge on any atom is -0.442 e. The molecule has 88 valence electrons. The van der Waals surface area contributed by atoms with E-state index in [9.17, 15) is 9.18 Å².